The number of halogens is 1. The standard InChI is InChI=1S/C23H26FN3O2/c1-16-22(17(2)27(26-16)20-8-5-9-21(15-20)29-3)10-11-23(28)25-13-12-18-6-4-7-19(24)14-18/h4-9,14-15H,10-13H2,1-3H3,(H,25,28). The molecule has 5 nitrogen and oxygen atoms in total. The van der Waals surface area contributed by atoms with E-state index in [1.165, 1.54) is 12.1 Å². The number of aryl methyl sites for hydroxylation is 1. The van der Waals surface area contributed by atoms with Crippen molar-refractivity contribution < 1.29 is 13.9 Å². The molecule has 3 rings (SSSR count). The Balaban J connectivity index is 1.57. The first-order chi connectivity index (χ1) is 14.0. The van der Waals surface area contributed by atoms with E-state index in [0.29, 0.717) is 25.8 Å². The van der Waals surface area contributed by atoms with Crippen LogP contribution in [0.25, 0.3) is 5.69 Å². The lowest BCUT2D eigenvalue weighted by Crippen LogP contribution is -2.26. The molecule has 0 fully saturated rings. The van der Waals surface area contributed by atoms with Gasteiger partial charge in [0, 0.05) is 24.7 Å². The van der Waals surface area contributed by atoms with Crippen molar-refractivity contribution in [2.75, 3.05) is 13.7 Å². The number of hydrogen-bond acceptors (Lipinski definition) is 3. The third-order valence-electron chi connectivity index (χ3n) is 4.97. The van der Waals surface area contributed by atoms with E-state index in [1.54, 1.807) is 13.2 Å². The van der Waals surface area contributed by atoms with E-state index in [-0.39, 0.29) is 11.7 Å². The summed E-state index contributed by atoms with van der Waals surface area (Å²) in [7, 11) is 1.64. The third-order valence-corrected chi connectivity index (χ3v) is 4.97. The maximum atomic E-state index is 13.2. The van der Waals surface area contributed by atoms with Crippen LogP contribution in [0.3, 0.4) is 0 Å². The van der Waals surface area contributed by atoms with Gasteiger partial charge < -0.3 is 10.1 Å². The fourth-order valence-electron chi connectivity index (χ4n) is 3.40. The fourth-order valence-corrected chi connectivity index (χ4v) is 3.40. The van der Waals surface area contributed by atoms with Crippen LogP contribution in [0, 0.1) is 19.7 Å². The predicted molar refractivity (Wildman–Crippen MR) is 111 cm³/mol. The Hall–Kier alpha value is -3.15. The zero-order valence-corrected chi connectivity index (χ0v) is 17.0. The molecule has 1 N–H and O–H groups in total. The monoisotopic (exact) mass is 395 g/mol. The molecule has 0 saturated carbocycles. The highest BCUT2D eigenvalue weighted by Gasteiger charge is 2.14. The first-order valence-electron chi connectivity index (χ1n) is 9.68. The first-order valence-corrected chi connectivity index (χ1v) is 9.68. The third kappa shape index (κ3) is 5.22. The minimum absolute atomic E-state index is 0.0191. The van der Waals surface area contributed by atoms with Gasteiger partial charge in [0.25, 0.3) is 0 Å². The van der Waals surface area contributed by atoms with Gasteiger partial charge in [0.05, 0.1) is 18.5 Å². The van der Waals surface area contributed by atoms with E-state index in [0.717, 1.165) is 34.0 Å². The van der Waals surface area contributed by atoms with E-state index >= 15 is 0 Å². The summed E-state index contributed by atoms with van der Waals surface area (Å²) < 4.78 is 20.4. The molecule has 6 heteroatoms. The number of aromatic nitrogens is 2. The number of ether oxygens (including phenoxy) is 1. The van der Waals surface area contributed by atoms with Crippen LogP contribution in [0.5, 0.6) is 5.75 Å². The van der Waals surface area contributed by atoms with E-state index in [1.807, 2.05) is 48.9 Å². The summed E-state index contributed by atoms with van der Waals surface area (Å²) in [6, 6.07) is 14.2. The van der Waals surface area contributed by atoms with E-state index in [4.69, 9.17) is 4.74 Å². The molecule has 0 aliphatic carbocycles. The van der Waals surface area contributed by atoms with Crippen LogP contribution in [-0.4, -0.2) is 29.3 Å². The fraction of sp³-hybridized carbons (Fsp3) is 0.304. The molecule has 1 heterocycles. The van der Waals surface area contributed by atoms with Gasteiger partial charge in [0.15, 0.2) is 0 Å². The van der Waals surface area contributed by atoms with Crippen molar-refractivity contribution in [3.05, 3.63) is 76.9 Å². The SMILES string of the molecule is COc1cccc(-n2nc(C)c(CCC(=O)NCCc3cccc(F)c3)c2C)c1. The van der Waals surface area contributed by atoms with Crippen molar-refractivity contribution in [3.8, 4) is 11.4 Å². The Bertz CT molecular complexity index is 998. The van der Waals surface area contributed by atoms with Gasteiger partial charge in [-0.05, 0) is 62.1 Å². The van der Waals surface area contributed by atoms with Gasteiger partial charge in [0.1, 0.15) is 11.6 Å². The molecule has 0 saturated heterocycles. The Morgan fingerprint density at radius 1 is 1.14 bits per heavy atom. The molecule has 0 aliphatic rings. The van der Waals surface area contributed by atoms with Gasteiger partial charge in [-0.25, -0.2) is 9.07 Å². The Kier molecular flexibility index (Phi) is 6.65. The van der Waals surface area contributed by atoms with Gasteiger partial charge >= 0.3 is 0 Å². The smallest absolute Gasteiger partial charge is 0.220 e. The van der Waals surface area contributed by atoms with Crippen LogP contribution in [-0.2, 0) is 17.6 Å². The van der Waals surface area contributed by atoms with Crippen LogP contribution in [0.1, 0.15) is 28.9 Å². The highest BCUT2D eigenvalue weighted by atomic mass is 19.1. The van der Waals surface area contributed by atoms with Crippen LogP contribution in [0.4, 0.5) is 4.39 Å². The molecule has 3 aromatic rings. The zero-order valence-electron chi connectivity index (χ0n) is 17.0. The highest BCUT2D eigenvalue weighted by Crippen LogP contribution is 2.22. The summed E-state index contributed by atoms with van der Waals surface area (Å²) in [5, 5.41) is 7.55. The molecular formula is C23H26FN3O2. The number of nitrogens with one attached hydrogen (secondary N) is 1. The van der Waals surface area contributed by atoms with Gasteiger partial charge in [-0.2, -0.15) is 5.10 Å². The van der Waals surface area contributed by atoms with Gasteiger partial charge in [-0.3, -0.25) is 4.79 Å². The average Bonchev–Trinajstić information content (AvgIpc) is 3.00. The number of hydrogen-bond donors (Lipinski definition) is 1. The van der Waals surface area contributed by atoms with Crippen LogP contribution in [0.15, 0.2) is 48.5 Å². The molecule has 0 unspecified atom stereocenters. The number of carbonyl (C=O) groups is 1. The van der Waals surface area contributed by atoms with Crippen molar-refractivity contribution in [2.24, 2.45) is 0 Å². The summed E-state index contributed by atoms with van der Waals surface area (Å²) in [6.07, 6.45) is 1.61. The van der Waals surface area contributed by atoms with Crippen molar-refractivity contribution in [2.45, 2.75) is 33.1 Å². The summed E-state index contributed by atoms with van der Waals surface area (Å²) >= 11 is 0. The van der Waals surface area contributed by atoms with E-state index in [9.17, 15) is 9.18 Å². The Labute approximate surface area is 170 Å². The second-order valence-corrected chi connectivity index (χ2v) is 6.99. The van der Waals surface area contributed by atoms with Crippen LogP contribution < -0.4 is 10.1 Å². The Morgan fingerprint density at radius 3 is 2.69 bits per heavy atom. The van der Waals surface area contributed by atoms with Crippen molar-refractivity contribution in [1.29, 1.82) is 0 Å². The molecule has 1 amide bonds. The maximum Gasteiger partial charge on any atom is 0.220 e. The zero-order chi connectivity index (χ0) is 20.8. The molecule has 2 aromatic carbocycles. The molecule has 152 valence electrons. The molecule has 0 aliphatic heterocycles. The van der Waals surface area contributed by atoms with Crippen molar-refractivity contribution >= 4 is 5.91 Å². The summed E-state index contributed by atoms with van der Waals surface area (Å²) in [6.45, 7) is 4.46. The lowest BCUT2D eigenvalue weighted by atomic mass is 10.1. The lowest BCUT2D eigenvalue weighted by molar-refractivity contribution is -0.121. The van der Waals surface area contributed by atoms with Crippen LogP contribution in [0.2, 0.25) is 0 Å². The number of methoxy groups -OCH3 is 1. The van der Waals surface area contributed by atoms with Crippen molar-refractivity contribution in [3.63, 3.8) is 0 Å². The van der Waals surface area contributed by atoms with E-state index < -0.39 is 0 Å². The molecule has 29 heavy (non-hydrogen) atoms. The molecule has 1 aromatic heterocycles. The summed E-state index contributed by atoms with van der Waals surface area (Å²) in [5.74, 6) is 0.497. The molecule has 0 spiro atoms. The lowest BCUT2D eigenvalue weighted by Gasteiger charge is -2.08. The average molecular weight is 395 g/mol. The second kappa shape index (κ2) is 9.37. The number of benzene rings is 2. The van der Waals surface area contributed by atoms with Crippen molar-refractivity contribution in [1.82, 2.24) is 15.1 Å². The number of nitrogens with zero attached hydrogens (tertiary/aromatic N) is 2. The largest absolute Gasteiger partial charge is 0.497 e. The van der Waals surface area contributed by atoms with E-state index in [2.05, 4.69) is 10.4 Å². The summed E-state index contributed by atoms with van der Waals surface area (Å²) in [4.78, 5) is 12.2. The minimum Gasteiger partial charge on any atom is -0.497 e. The number of carbonyl (C=O) groups excluding carboxylic acids is 1. The molecular weight excluding hydrogens is 369 g/mol. The van der Waals surface area contributed by atoms with Crippen LogP contribution >= 0.6 is 0 Å². The van der Waals surface area contributed by atoms with Gasteiger partial charge in [-0.15, -0.1) is 0 Å². The van der Waals surface area contributed by atoms with Gasteiger partial charge in [-0.1, -0.05) is 18.2 Å². The maximum absolute atomic E-state index is 13.2. The minimum atomic E-state index is -0.257. The highest BCUT2D eigenvalue weighted by molar-refractivity contribution is 5.76. The first kappa shape index (κ1) is 20.6. The molecule has 0 bridgehead atoms. The topological polar surface area (TPSA) is 56.2 Å². The second-order valence-electron chi connectivity index (χ2n) is 6.99. The number of amides is 1. The number of rotatable bonds is 8. The molecule has 0 atom stereocenters. The summed E-state index contributed by atoms with van der Waals surface area (Å²) in [5.41, 5.74) is 4.81. The van der Waals surface area contributed by atoms with Gasteiger partial charge in [0.2, 0.25) is 5.91 Å². The normalized spacial score (nSPS) is 10.8. The Morgan fingerprint density at radius 2 is 1.93 bits per heavy atom. The molecule has 0 radical (unpaired) electrons. The quantitative estimate of drug-likeness (QED) is 0.629. The predicted octanol–water partition coefficient (Wildman–Crippen LogP) is 3.93.